The number of rotatable bonds is 16. The zero-order valence-electron chi connectivity index (χ0n) is 31.0. The van der Waals surface area contributed by atoms with Crippen molar-refractivity contribution in [2.45, 2.75) is 63.8 Å². The molecular weight excluding hydrogens is 678 g/mol. The second-order valence-corrected chi connectivity index (χ2v) is 28.1. The van der Waals surface area contributed by atoms with E-state index in [2.05, 4.69) is 159 Å². The molecule has 2 heterocycles. The zero-order chi connectivity index (χ0) is 35.8. The van der Waals surface area contributed by atoms with Gasteiger partial charge >= 0.3 is 313 Å². The molecule has 0 amide bonds. The average molecular weight is 735 g/mol. The fourth-order valence-electron chi connectivity index (χ4n) is 9.15. The summed E-state index contributed by atoms with van der Waals surface area (Å²) in [6.45, 7) is 1.76. The van der Waals surface area contributed by atoms with E-state index in [0.29, 0.717) is 39.1 Å². The fraction of sp³-hybridized carbons (Fsp3) is 0.348. The molecule has 5 aromatic carbocycles. The second kappa shape index (κ2) is 16.0. The van der Waals surface area contributed by atoms with Crippen molar-refractivity contribution in [2.75, 3.05) is 38.3 Å². The zero-order valence-corrected chi connectivity index (χ0v) is 32.8. The molecule has 0 bridgehead atoms. The van der Waals surface area contributed by atoms with E-state index in [9.17, 15) is 0 Å². The number of ether oxygens (including phenoxy) is 4. The van der Waals surface area contributed by atoms with Crippen molar-refractivity contribution < 1.29 is 18.9 Å². The molecule has 2 aliphatic heterocycles. The first-order chi connectivity index (χ1) is 25.4. The maximum atomic E-state index is 7.15. The van der Waals surface area contributed by atoms with Crippen LogP contribution in [0.1, 0.15) is 47.9 Å². The third-order valence-electron chi connectivity index (χ3n) is 12.2. The van der Waals surface area contributed by atoms with Gasteiger partial charge in [0.15, 0.2) is 0 Å². The normalized spacial score (nSPS) is 22.8. The Bertz CT molecular complexity index is 1740. The molecule has 52 heavy (non-hydrogen) atoms. The van der Waals surface area contributed by atoms with Crippen molar-refractivity contribution in [1.29, 1.82) is 0 Å². The summed E-state index contributed by atoms with van der Waals surface area (Å²) in [6, 6.07) is 52.0. The Labute approximate surface area is 311 Å². The van der Waals surface area contributed by atoms with Gasteiger partial charge < -0.3 is 0 Å². The molecule has 274 valence electrons. The van der Waals surface area contributed by atoms with Crippen molar-refractivity contribution in [2.24, 2.45) is 0 Å². The van der Waals surface area contributed by atoms with E-state index in [1.165, 1.54) is 32.9 Å². The van der Waals surface area contributed by atoms with Gasteiger partial charge in [-0.2, -0.15) is 0 Å². The van der Waals surface area contributed by atoms with Crippen molar-refractivity contribution >= 4 is 23.8 Å². The molecule has 7 rings (SSSR count). The fourth-order valence-corrected chi connectivity index (χ4v) is 22.3. The first-order valence-corrected chi connectivity index (χ1v) is 25.3. The third kappa shape index (κ3) is 7.58. The van der Waals surface area contributed by atoms with Crippen LogP contribution in [0.4, 0.5) is 0 Å². The molecule has 2 atom stereocenters. The van der Waals surface area contributed by atoms with Gasteiger partial charge in [-0.15, -0.1) is 0 Å². The van der Waals surface area contributed by atoms with Crippen LogP contribution in [0.5, 0.6) is 0 Å². The molecule has 0 radical (unpaired) electrons. The average Bonchev–Trinajstić information content (AvgIpc) is 3.72. The van der Waals surface area contributed by atoms with Crippen LogP contribution in [-0.2, 0) is 45.4 Å². The molecule has 0 N–H and O–H groups in total. The number of benzene rings is 5. The van der Waals surface area contributed by atoms with Crippen LogP contribution < -0.4 is 10.6 Å². The molecule has 2 saturated heterocycles. The van der Waals surface area contributed by atoms with E-state index < -0.39 is 13.2 Å². The molecule has 5 aromatic rings. The third-order valence-corrected chi connectivity index (χ3v) is 25.1. The predicted octanol–water partition coefficient (Wildman–Crippen LogP) is 10.3. The van der Waals surface area contributed by atoms with Gasteiger partial charge in [-0.1, -0.05) is 0 Å². The SMILES string of the molecule is CP1(COCc2ccccc2)(c2ccccc2P2(C)(COCc3ccccc3)CCCC2OCc2ccccc2)CCCC1OCc1ccccc1. The van der Waals surface area contributed by atoms with Crippen LogP contribution in [0.15, 0.2) is 146 Å². The summed E-state index contributed by atoms with van der Waals surface area (Å²) in [5.41, 5.74) is 4.85. The Kier molecular flexibility index (Phi) is 11.5. The van der Waals surface area contributed by atoms with Crippen molar-refractivity contribution in [3.05, 3.63) is 168 Å². The molecular formula is C46H56O4P2. The molecule has 0 aliphatic carbocycles. The maximum absolute atomic E-state index is 7.15. The van der Waals surface area contributed by atoms with Crippen LogP contribution in [0.2, 0.25) is 0 Å². The topological polar surface area (TPSA) is 36.9 Å². The minimum absolute atomic E-state index is 0.103. The van der Waals surface area contributed by atoms with E-state index >= 15 is 0 Å². The number of hydrogen-bond acceptors (Lipinski definition) is 4. The summed E-state index contributed by atoms with van der Waals surface area (Å²) in [5, 5.41) is 2.99. The summed E-state index contributed by atoms with van der Waals surface area (Å²) in [4.78, 5) is 0. The van der Waals surface area contributed by atoms with Gasteiger partial charge in [-0.25, -0.2) is 0 Å². The van der Waals surface area contributed by atoms with Gasteiger partial charge in [0.1, 0.15) is 0 Å². The van der Waals surface area contributed by atoms with E-state index in [-0.39, 0.29) is 11.7 Å². The summed E-state index contributed by atoms with van der Waals surface area (Å²) >= 11 is 0. The molecule has 2 aliphatic rings. The molecule has 2 fully saturated rings. The minimum atomic E-state index is -2.92. The monoisotopic (exact) mass is 734 g/mol. The molecule has 2 unspecified atom stereocenters. The van der Waals surface area contributed by atoms with Crippen LogP contribution in [0.25, 0.3) is 0 Å². The van der Waals surface area contributed by atoms with Crippen LogP contribution in [0.3, 0.4) is 0 Å². The second-order valence-electron chi connectivity index (χ2n) is 15.9. The Hall–Kier alpha value is -3.20. The predicted molar refractivity (Wildman–Crippen MR) is 222 cm³/mol. The van der Waals surface area contributed by atoms with Crippen LogP contribution in [0, 0.1) is 0 Å². The summed E-state index contributed by atoms with van der Waals surface area (Å²) in [7, 11) is 0. The Morgan fingerprint density at radius 1 is 0.423 bits per heavy atom. The van der Waals surface area contributed by atoms with E-state index in [0.717, 1.165) is 38.0 Å². The molecule has 0 aromatic heterocycles. The summed E-state index contributed by atoms with van der Waals surface area (Å²) in [6.07, 6.45) is 7.98. The van der Waals surface area contributed by atoms with Crippen LogP contribution >= 0.6 is 13.2 Å². The molecule has 6 heteroatoms. The summed E-state index contributed by atoms with van der Waals surface area (Å²) < 4.78 is 28.2. The van der Waals surface area contributed by atoms with Gasteiger partial charge in [0.2, 0.25) is 0 Å². The van der Waals surface area contributed by atoms with Gasteiger partial charge in [-0.3, -0.25) is 0 Å². The molecule has 4 nitrogen and oxygen atoms in total. The van der Waals surface area contributed by atoms with E-state index in [1.54, 1.807) is 0 Å². The Morgan fingerprint density at radius 2 is 0.731 bits per heavy atom. The van der Waals surface area contributed by atoms with Gasteiger partial charge in [0.05, 0.1) is 0 Å². The molecule has 0 spiro atoms. The van der Waals surface area contributed by atoms with Gasteiger partial charge in [0, 0.05) is 0 Å². The van der Waals surface area contributed by atoms with E-state index in [4.69, 9.17) is 18.9 Å². The van der Waals surface area contributed by atoms with Gasteiger partial charge in [0.25, 0.3) is 0 Å². The van der Waals surface area contributed by atoms with Crippen molar-refractivity contribution in [1.82, 2.24) is 0 Å². The quantitative estimate of drug-likeness (QED) is 0.0946. The first kappa shape index (κ1) is 37.1. The Morgan fingerprint density at radius 3 is 1.08 bits per heavy atom. The Balaban J connectivity index is 1.31. The standard InChI is InChI=1S/C46H56O4P2/c1-51(37-47-33-39-19-7-3-8-20-39,31-17-29-45(51)49-35-41-23-11-5-12-24-41)43-27-15-16-28-44(43)52(2,38-48-34-40-21-9-4-10-22-40)32-18-30-46(52)50-36-42-25-13-6-14-26-42/h3-16,19-28,45-46H,17-18,29-38H2,1-2H3. The van der Waals surface area contributed by atoms with Crippen molar-refractivity contribution in [3.8, 4) is 0 Å². The number of hydrogen-bond donors (Lipinski definition) is 0. The summed E-state index contributed by atoms with van der Waals surface area (Å²) in [5.74, 6) is 0.207. The van der Waals surface area contributed by atoms with Crippen LogP contribution in [-0.4, -0.2) is 50.0 Å². The van der Waals surface area contributed by atoms with Gasteiger partial charge in [-0.05, 0) is 0 Å². The van der Waals surface area contributed by atoms with Crippen molar-refractivity contribution in [3.63, 3.8) is 0 Å². The van der Waals surface area contributed by atoms with E-state index in [1.807, 2.05) is 0 Å². The first-order valence-electron chi connectivity index (χ1n) is 19.0. The molecule has 0 saturated carbocycles.